The maximum absolute atomic E-state index is 13.6. The van der Waals surface area contributed by atoms with Crippen LogP contribution in [0.3, 0.4) is 0 Å². The first-order chi connectivity index (χ1) is 15.6. The van der Waals surface area contributed by atoms with Gasteiger partial charge < -0.3 is 19.7 Å². The number of ether oxygens (including phenoxy) is 2. The zero-order chi connectivity index (χ0) is 22.3. The van der Waals surface area contributed by atoms with E-state index in [9.17, 15) is 4.79 Å². The number of amides is 1. The second-order valence-corrected chi connectivity index (χ2v) is 9.43. The maximum Gasteiger partial charge on any atom is 0.225 e. The summed E-state index contributed by atoms with van der Waals surface area (Å²) < 4.78 is 12.2. The molecule has 1 fully saturated rings. The van der Waals surface area contributed by atoms with Crippen LogP contribution < -0.4 is 10.1 Å². The van der Waals surface area contributed by atoms with Gasteiger partial charge in [0.05, 0.1) is 18.6 Å². The van der Waals surface area contributed by atoms with Gasteiger partial charge in [-0.1, -0.05) is 50.2 Å². The van der Waals surface area contributed by atoms with Gasteiger partial charge in [-0.2, -0.15) is 0 Å². The average Bonchev–Trinajstić information content (AvgIpc) is 2.83. The fraction of sp³-hybridized carbons (Fsp3) is 0.519. The van der Waals surface area contributed by atoms with E-state index in [-0.39, 0.29) is 18.1 Å². The minimum atomic E-state index is 0.00491. The van der Waals surface area contributed by atoms with E-state index >= 15 is 0 Å². The van der Waals surface area contributed by atoms with Crippen molar-refractivity contribution in [1.82, 2.24) is 4.90 Å². The third kappa shape index (κ3) is 5.83. The summed E-state index contributed by atoms with van der Waals surface area (Å²) in [5, 5.41) is 3.57. The van der Waals surface area contributed by atoms with Crippen LogP contribution in [0.25, 0.3) is 0 Å². The van der Waals surface area contributed by atoms with Crippen molar-refractivity contribution in [1.29, 1.82) is 0 Å². The molecule has 1 saturated heterocycles. The number of nitrogens with zero attached hydrogens (tertiary/aromatic N) is 1. The number of rotatable bonds is 4. The molecule has 2 aliphatic rings. The number of hydrogen-bond donors (Lipinski definition) is 1. The molecule has 172 valence electrons. The number of carbonyl (C=O) groups is 1. The van der Waals surface area contributed by atoms with Crippen LogP contribution >= 0.6 is 0 Å². The van der Waals surface area contributed by atoms with Crippen LogP contribution in [-0.4, -0.2) is 36.2 Å². The monoisotopic (exact) mass is 436 g/mol. The summed E-state index contributed by atoms with van der Waals surface area (Å²) in [6, 6.07) is 16.5. The molecular weight excluding hydrogens is 400 g/mol. The van der Waals surface area contributed by atoms with Crippen LogP contribution in [-0.2, 0) is 22.6 Å². The van der Waals surface area contributed by atoms with Crippen LogP contribution in [0, 0.1) is 5.92 Å². The van der Waals surface area contributed by atoms with Crippen LogP contribution in [0.1, 0.15) is 57.1 Å². The van der Waals surface area contributed by atoms with Crippen molar-refractivity contribution >= 4 is 11.6 Å². The predicted octanol–water partition coefficient (Wildman–Crippen LogP) is 5.39. The van der Waals surface area contributed by atoms with E-state index in [1.54, 1.807) is 0 Å². The molecule has 0 aliphatic carbocycles. The fourth-order valence-electron chi connectivity index (χ4n) is 4.71. The summed E-state index contributed by atoms with van der Waals surface area (Å²) in [7, 11) is 0. The Bertz CT molecular complexity index is 892. The third-order valence-corrected chi connectivity index (χ3v) is 6.41. The highest BCUT2D eigenvalue weighted by Crippen LogP contribution is 2.28. The number of benzene rings is 2. The van der Waals surface area contributed by atoms with E-state index < -0.39 is 0 Å². The van der Waals surface area contributed by atoms with E-state index in [0.717, 1.165) is 54.9 Å². The summed E-state index contributed by atoms with van der Waals surface area (Å²) in [5.74, 6) is 1.50. The van der Waals surface area contributed by atoms with Crippen molar-refractivity contribution < 1.29 is 14.3 Å². The van der Waals surface area contributed by atoms with E-state index in [0.29, 0.717) is 32.0 Å². The van der Waals surface area contributed by atoms with E-state index in [4.69, 9.17) is 9.47 Å². The second-order valence-electron chi connectivity index (χ2n) is 9.43. The number of fused-ring (bicyclic) bond motifs is 2. The molecule has 0 spiro atoms. The van der Waals surface area contributed by atoms with Gasteiger partial charge in [0.1, 0.15) is 12.4 Å². The Morgan fingerprint density at radius 3 is 2.66 bits per heavy atom. The van der Waals surface area contributed by atoms with Crippen molar-refractivity contribution in [2.45, 2.75) is 71.2 Å². The van der Waals surface area contributed by atoms with E-state index in [2.05, 4.69) is 43.4 Å². The summed E-state index contributed by atoms with van der Waals surface area (Å²) >= 11 is 0. The lowest BCUT2D eigenvalue weighted by molar-refractivity contribution is -0.139. The van der Waals surface area contributed by atoms with Crippen LogP contribution in [0.15, 0.2) is 48.5 Å². The molecule has 1 amide bonds. The van der Waals surface area contributed by atoms with Gasteiger partial charge in [-0.15, -0.1) is 0 Å². The van der Waals surface area contributed by atoms with Crippen molar-refractivity contribution in [2.24, 2.45) is 5.92 Å². The largest absolute Gasteiger partial charge is 0.491 e. The van der Waals surface area contributed by atoms with Gasteiger partial charge in [0.15, 0.2) is 0 Å². The second kappa shape index (κ2) is 10.9. The molecule has 1 N–H and O–H groups in total. The van der Waals surface area contributed by atoms with Gasteiger partial charge in [-0.05, 0) is 49.3 Å². The standard InChI is InChI=1S/C27H36N2O3/c1-20(2)15-23-19-32-26-13-6-4-9-21(26)17-28-25-12-5-3-10-22(25)18-29(23)27(30)16-24-11-7-8-14-31-24/h3-6,9-10,12-13,20,23-24,28H,7-8,11,14-19H2,1-2H3/t23-,24?/m0/s1. The topological polar surface area (TPSA) is 50.8 Å². The van der Waals surface area contributed by atoms with E-state index in [1.807, 2.05) is 29.2 Å². The fourth-order valence-corrected chi connectivity index (χ4v) is 4.71. The molecule has 5 nitrogen and oxygen atoms in total. The molecule has 2 aromatic rings. The summed E-state index contributed by atoms with van der Waals surface area (Å²) in [6.45, 7) is 6.94. The minimum absolute atomic E-state index is 0.00491. The predicted molar refractivity (Wildman–Crippen MR) is 128 cm³/mol. The highest BCUT2D eigenvalue weighted by molar-refractivity contribution is 5.77. The molecule has 32 heavy (non-hydrogen) atoms. The number of anilines is 1. The van der Waals surface area contributed by atoms with Crippen molar-refractivity contribution in [3.63, 3.8) is 0 Å². The zero-order valence-corrected chi connectivity index (χ0v) is 19.4. The van der Waals surface area contributed by atoms with Crippen molar-refractivity contribution in [3.05, 3.63) is 59.7 Å². The van der Waals surface area contributed by atoms with E-state index in [1.165, 1.54) is 0 Å². The maximum atomic E-state index is 13.6. The Morgan fingerprint density at radius 1 is 1.09 bits per heavy atom. The van der Waals surface area contributed by atoms with Gasteiger partial charge in [0.25, 0.3) is 0 Å². The lowest BCUT2D eigenvalue weighted by Gasteiger charge is -2.35. The molecule has 0 aromatic heterocycles. The molecule has 0 radical (unpaired) electrons. The third-order valence-electron chi connectivity index (χ3n) is 6.41. The molecule has 2 heterocycles. The SMILES string of the molecule is CC(C)C[C@H]1COc2ccccc2CNc2ccccc2CN1C(=O)CC1CCCCO1. The van der Waals surface area contributed by atoms with Crippen LogP contribution in [0.5, 0.6) is 5.75 Å². The van der Waals surface area contributed by atoms with Crippen molar-refractivity contribution in [3.8, 4) is 5.75 Å². The number of hydrogen-bond acceptors (Lipinski definition) is 4. The Kier molecular flexibility index (Phi) is 7.69. The first-order valence-electron chi connectivity index (χ1n) is 12.0. The highest BCUT2D eigenvalue weighted by Gasteiger charge is 2.29. The normalized spacial score (nSPS) is 21.5. The lowest BCUT2D eigenvalue weighted by Crippen LogP contribution is -2.45. The molecule has 5 heteroatoms. The molecule has 2 atom stereocenters. The Hall–Kier alpha value is -2.53. The van der Waals surface area contributed by atoms with Crippen LogP contribution in [0.2, 0.25) is 0 Å². The first-order valence-corrected chi connectivity index (χ1v) is 12.0. The van der Waals surface area contributed by atoms with Gasteiger partial charge in [0, 0.05) is 30.9 Å². The van der Waals surface area contributed by atoms with Gasteiger partial charge in [0.2, 0.25) is 5.91 Å². The Labute approximate surface area is 192 Å². The van der Waals surface area contributed by atoms with Gasteiger partial charge >= 0.3 is 0 Å². The van der Waals surface area contributed by atoms with Crippen molar-refractivity contribution in [2.75, 3.05) is 18.5 Å². The van der Waals surface area contributed by atoms with Gasteiger partial charge in [-0.3, -0.25) is 4.79 Å². The Morgan fingerprint density at radius 2 is 1.88 bits per heavy atom. The number of nitrogens with one attached hydrogen (secondary N) is 1. The average molecular weight is 437 g/mol. The molecule has 2 aromatic carbocycles. The smallest absolute Gasteiger partial charge is 0.225 e. The van der Waals surface area contributed by atoms with Crippen LogP contribution in [0.4, 0.5) is 5.69 Å². The molecule has 0 saturated carbocycles. The minimum Gasteiger partial charge on any atom is -0.491 e. The molecule has 4 rings (SSSR count). The summed E-state index contributed by atoms with van der Waals surface area (Å²) in [5.41, 5.74) is 3.33. The molecule has 2 aliphatic heterocycles. The molecule has 1 unspecified atom stereocenters. The zero-order valence-electron chi connectivity index (χ0n) is 19.4. The quantitative estimate of drug-likeness (QED) is 0.698. The summed E-state index contributed by atoms with van der Waals surface area (Å²) in [6.07, 6.45) is 4.58. The highest BCUT2D eigenvalue weighted by atomic mass is 16.5. The number of para-hydroxylation sites is 2. The molecular formula is C27H36N2O3. The lowest BCUT2D eigenvalue weighted by atomic mass is 10.00. The first kappa shape index (κ1) is 22.7. The Balaban J connectivity index is 1.66. The van der Waals surface area contributed by atoms with Gasteiger partial charge in [-0.25, -0.2) is 0 Å². The number of carbonyl (C=O) groups excluding carboxylic acids is 1. The summed E-state index contributed by atoms with van der Waals surface area (Å²) in [4.78, 5) is 15.7. The molecule has 0 bridgehead atoms.